The smallest absolute Gasteiger partial charge is 0.286 e. The van der Waals surface area contributed by atoms with E-state index in [1.165, 1.54) is 74.0 Å². The van der Waals surface area contributed by atoms with Gasteiger partial charge in [0.25, 0.3) is 10.0 Å². The minimum absolute atomic E-state index is 0.0662. The molecule has 3 aromatic carbocycles. The van der Waals surface area contributed by atoms with E-state index in [1.807, 2.05) is 0 Å². The van der Waals surface area contributed by atoms with E-state index in [1.54, 1.807) is 0 Å². The predicted octanol–water partition coefficient (Wildman–Crippen LogP) is 2.43. The summed E-state index contributed by atoms with van der Waals surface area (Å²) < 4.78 is 73.2. The number of ether oxygens (including phenoxy) is 3. The Morgan fingerprint density at radius 3 is 2.43 bits per heavy atom. The lowest BCUT2D eigenvalue weighted by molar-refractivity contribution is -0.0302. The zero-order valence-electron chi connectivity index (χ0n) is 22.1. The summed E-state index contributed by atoms with van der Waals surface area (Å²) in [5, 5.41) is 26.5. The van der Waals surface area contributed by atoms with E-state index in [-0.39, 0.29) is 39.9 Å². The van der Waals surface area contributed by atoms with Crippen molar-refractivity contribution in [2.24, 2.45) is 0 Å². The van der Waals surface area contributed by atoms with Gasteiger partial charge in [-0.2, -0.15) is 13.5 Å². The molecular weight excluding hydrogens is 576 g/mol. The van der Waals surface area contributed by atoms with Crippen LogP contribution in [0.1, 0.15) is 5.56 Å². The topological polar surface area (TPSA) is 156 Å². The van der Waals surface area contributed by atoms with Gasteiger partial charge in [0.1, 0.15) is 42.2 Å². The molecule has 5 rings (SSSR count). The number of halogens is 2. The van der Waals surface area contributed by atoms with E-state index >= 15 is 0 Å². The first-order valence-electron chi connectivity index (χ1n) is 12.1. The summed E-state index contributed by atoms with van der Waals surface area (Å²) in [6.45, 7) is -0.775. The highest BCUT2D eigenvalue weighted by Crippen LogP contribution is 2.35. The highest BCUT2D eigenvalue weighted by atomic mass is 32.2. The van der Waals surface area contributed by atoms with Gasteiger partial charge in [-0.25, -0.2) is 18.4 Å². The van der Waals surface area contributed by atoms with Crippen LogP contribution < -0.4 is 14.2 Å². The second kappa shape index (κ2) is 11.5. The van der Waals surface area contributed by atoms with Gasteiger partial charge in [0, 0.05) is 17.2 Å². The molecule has 0 radical (unpaired) electrons. The molecule has 0 spiro atoms. The SMILES string of the molecule is COc1ccc(S(=O)(=O)n2nnnc2-c2ccc(OCC(O)(Cn3cncn3)c3ccc(F)cc3F)c(OC)c2)cc1. The molecule has 0 aliphatic heterocycles. The van der Waals surface area contributed by atoms with Crippen LogP contribution in [0.4, 0.5) is 8.78 Å². The Bertz CT molecular complexity index is 1800. The molecule has 0 saturated carbocycles. The lowest BCUT2D eigenvalue weighted by atomic mass is 9.94. The fourth-order valence-electron chi connectivity index (χ4n) is 4.14. The number of tetrazole rings is 1. The molecule has 0 aliphatic rings. The second-order valence-corrected chi connectivity index (χ2v) is 10.7. The Morgan fingerprint density at radius 2 is 1.76 bits per heavy atom. The van der Waals surface area contributed by atoms with Crippen LogP contribution in [0, 0.1) is 11.6 Å². The molecule has 0 fully saturated rings. The van der Waals surface area contributed by atoms with Crippen LogP contribution in [0.2, 0.25) is 0 Å². The molecule has 2 heterocycles. The van der Waals surface area contributed by atoms with Crippen LogP contribution in [0.15, 0.2) is 78.2 Å². The average Bonchev–Trinajstić information content (AvgIpc) is 3.69. The molecule has 42 heavy (non-hydrogen) atoms. The summed E-state index contributed by atoms with van der Waals surface area (Å²) in [6.07, 6.45) is 2.57. The normalized spacial score (nSPS) is 13.0. The number of aliphatic hydroxyl groups is 1. The average molecular weight is 600 g/mol. The second-order valence-electron chi connectivity index (χ2n) is 8.93. The quantitative estimate of drug-likeness (QED) is 0.238. The van der Waals surface area contributed by atoms with E-state index in [0.717, 1.165) is 12.1 Å². The largest absolute Gasteiger partial charge is 0.497 e. The van der Waals surface area contributed by atoms with Crippen LogP contribution in [0.5, 0.6) is 17.2 Å². The van der Waals surface area contributed by atoms with E-state index in [4.69, 9.17) is 14.2 Å². The highest BCUT2D eigenvalue weighted by Gasteiger charge is 2.35. The van der Waals surface area contributed by atoms with Crippen molar-refractivity contribution in [1.29, 1.82) is 0 Å². The van der Waals surface area contributed by atoms with E-state index in [0.29, 0.717) is 15.9 Å². The summed E-state index contributed by atoms with van der Waals surface area (Å²) >= 11 is 0. The molecule has 5 aromatic rings. The van der Waals surface area contributed by atoms with Crippen LogP contribution in [0.25, 0.3) is 11.4 Å². The third-order valence-electron chi connectivity index (χ3n) is 6.24. The third-order valence-corrected chi connectivity index (χ3v) is 7.81. The van der Waals surface area contributed by atoms with E-state index < -0.39 is 33.9 Å². The Kier molecular flexibility index (Phi) is 7.82. The maximum atomic E-state index is 14.7. The Balaban J connectivity index is 1.44. The van der Waals surface area contributed by atoms with Gasteiger partial charge < -0.3 is 19.3 Å². The molecule has 1 N–H and O–H groups in total. The maximum absolute atomic E-state index is 14.7. The molecule has 16 heteroatoms. The number of hydrogen-bond donors (Lipinski definition) is 1. The molecule has 0 saturated heterocycles. The molecule has 2 aromatic heterocycles. The minimum atomic E-state index is -4.18. The first-order chi connectivity index (χ1) is 20.1. The number of rotatable bonds is 11. The van der Waals surface area contributed by atoms with Crippen LogP contribution in [-0.2, 0) is 22.2 Å². The van der Waals surface area contributed by atoms with Gasteiger partial charge in [-0.3, -0.25) is 0 Å². The van der Waals surface area contributed by atoms with Crippen molar-refractivity contribution in [3.05, 3.63) is 90.5 Å². The summed E-state index contributed by atoms with van der Waals surface area (Å²) in [7, 11) is -1.37. The van der Waals surface area contributed by atoms with Crippen LogP contribution >= 0.6 is 0 Å². The molecule has 218 valence electrons. The Hall–Kier alpha value is -4.96. The summed E-state index contributed by atoms with van der Waals surface area (Å²) in [5.41, 5.74) is -1.97. The lowest BCUT2D eigenvalue weighted by Crippen LogP contribution is -2.39. The molecule has 1 atom stereocenters. The van der Waals surface area contributed by atoms with Gasteiger partial charge in [0.2, 0.25) is 0 Å². The first kappa shape index (κ1) is 28.6. The van der Waals surface area contributed by atoms with E-state index in [9.17, 15) is 22.3 Å². The monoisotopic (exact) mass is 599 g/mol. The van der Waals surface area contributed by atoms with Crippen molar-refractivity contribution in [1.82, 2.24) is 34.4 Å². The fourth-order valence-corrected chi connectivity index (χ4v) is 5.32. The van der Waals surface area contributed by atoms with Gasteiger partial charge in [-0.1, -0.05) is 6.07 Å². The fraction of sp³-hybridized carbons (Fsp3) is 0.192. The maximum Gasteiger partial charge on any atom is 0.286 e. The molecule has 0 bridgehead atoms. The number of methoxy groups -OCH3 is 2. The number of benzene rings is 3. The predicted molar refractivity (Wildman–Crippen MR) is 141 cm³/mol. The standard InChI is InChI=1S/C26H23F2N7O6S/c1-39-19-5-7-20(8-6-19)42(37,38)35-25(31-32-33-35)17-3-10-23(24(11-17)40-2)41-14-26(36,13-34-16-29-15-30-34)21-9-4-18(27)12-22(21)28/h3-12,15-16,36H,13-14H2,1-2H3. The van der Waals surface area contributed by atoms with Gasteiger partial charge in [-0.15, -0.1) is 9.19 Å². The first-order valence-corrected chi connectivity index (χ1v) is 13.6. The van der Waals surface area contributed by atoms with Gasteiger partial charge in [-0.05, 0) is 59.0 Å². The highest BCUT2D eigenvalue weighted by molar-refractivity contribution is 7.90. The van der Waals surface area contributed by atoms with Crippen molar-refractivity contribution >= 4 is 10.0 Å². The zero-order valence-corrected chi connectivity index (χ0v) is 22.9. The van der Waals surface area contributed by atoms with Crippen molar-refractivity contribution in [2.45, 2.75) is 17.0 Å². The summed E-state index contributed by atoms with van der Waals surface area (Å²) in [6, 6.07) is 12.9. The lowest BCUT2D eigenvalue weighted by Gasteiger charge is -2.29. The number of nitrogens with zero attached hydrogens (tertiary/aromatic N) is 7. The van der Waals surface area contributed by atoms with Crippen molar-refractivity contribution < 1.29 is 36.5 Å². The van der Waals surface area contributed by atoms with E-state index in [2.05, 4.69) is 25.6 Å². The number of aromatic nitrogens is 7. The third kappa shape index (κ3) is 5.61. The Morgan fingerprint density at radius 1 is 0.976 bits per heavy atom. The van der Waals surface area contributed by atoms with Crippen molar-refractivity contribution in [2.75, 3.05) is 20.8 Å². The number of hydrogen-bond acceptors (Lipinski definition) is 11. The molecule has 0 amide bonds. The van der Waals surface area contributed by atoms with Gasteiger partial charge in [0.05, 0.1) is 25.7 Å². The van der Waals surface area contributed by atoms with Crippen molar-refractivity contribution in [3.63, 3.8) is 0 Å². The van der Waals surface area contributed by atoms with Crippen molar-refractivity contribution in [3.8, 4) is 28.6 Å². The van der Waals surface area contributed by atoms with Crippen LogP contribution in [-0.4, -0.2) is 68.7 Å². The van der Waals surface area contributed by atoms with Crippen LogP contribution in [0.3, 0.4) is 0 Å². The molecular formula is C26H23F2N7O6S. The van der Waals surface area contributed by atoms with Gasteiger partial charge in [0.15, 0.2) is 17.3 Å². The zero-order chi connectivity index (χ0) is 29.9. The minimum Gasteiger partial charge on any atom is -0.497 e. The molecule has 0 aliphatic carbocycles. The summed E-state index contributed by atoms with van der Waals surface area (Å²) in [5.74, 6) is -1.17. The summed E-state index contributed by atoms with van der Waals surface area (Å²) in [4.78, 5) is 3.76. The molecule has 1 unspecified atom stereocenters. The Labute approximate surface area is 238 Å². The molecule has 13 nitrogen and oxygen atoms in total. The van der Waals surface area contributed by atoms with Gasteiger partial charge >= 0.3 is 0 Å².